The highest BCUT2D eigenvalue weighted by molar-refractivity contribution is 6.62. The minimum Gasteiger partial charge on any atom is -0.326 e. The van der Waals surface area contributed by atoms with Gasteiger partial charge in [0, 0.05) is 12.6 Å². The van der Waals surface area contributed by atoms with Crippen LogP contribution in [0.3, 0.4) is 0 Å². The molecule has 0 N–H and O–H groups in total. The van der Waals surface area contributed by atoms with Gasteiger partial charge in [0.25, 0.3) is 0 Å². The summed E-state index contributed by atoms with van der Waals surface area (Å²) in [5, 5.41) is -0.284. The third-order valence-corrected chi connectivity index (χ3v) is 2.76. The summed E-state index contributed by atoms with van der Waals surface area (Å²) in [5.74, 6) is 0.521. The van der Waals surface area contributed by atoms with Gasteiger partial charge in [-0.3, -0.25) is 4.79 Å². The van der Waals surface area contributed by atoms with Crippen LogP contribution in [0.5, 0.6) is 0 Å². The molecule has 1 saturated heterocycles. The third kappa shape index (κ3) is 2.13. The van der Waals surface area contributed by atoms with Crippen LogP contribution >= 0.6 is 11.6 Å². The highest BCUT2D eigenvalue weighted by Gasteiger charge is 2.27. The molecule has 0 aromatic heterocycles. The van der Waals surface area contributed by atoms with E-state index >= 15 is 0 Å². The molecule has 3 heteroatoms. The Kier molecular flexibility index (Phi) is 3.39. The lowest BCUT2D eigenvalue weighted by Gasteiger charge is -2.36. The fraction of sp³-hybridized carbons (Fsp3) is 0.889. The number of nitrogens with zero attached hydrogens (tertiary/aromatic N) is 1. The van der Waals surface area contributed by atoms with Gasteiger partial charge in [0.15, 0.2) is 0 Å². The summed E-state index contributed by atoms with van der Waals surface area (Å²) in [7, 11) is 0. The molecule has 1 atom stereocenters. The lowest BCUT2D eigenvalue weighted by molar-refractivity contribution is 0.145. The monoisotopic (exact) mass is 189 g/mol. The molecule has 1 aliphatic rings. The van der Waals surface area contributed by atoms with E-state index in [1.165, 1.54) is 6.42 Å². The van der Waals surface area contributed by atoms with Gasteiger partial charge in [-0.2, -0.15) is 0 Å². The molecule has 2 nitrogen and oxygen atoms in total. The molecule has 12 heavy (non-hydrogen) atoms. The summed E-state index contributed by atoms with van der Waals surface area (Å²) in [6.45, 7) is 5.12. The molecular weight excluding hydrogens is 174 g/mol. The van der Waals surface area contributed by atoms with E-state index in [2.05, 4.69) is 13.8 Å². The van der Waals surface area contributed by atoms with Crippen molar-refractivity contribution in [3.8, 4) is 0 Å². The molecule has 1 rings (SSSR count). The predicted molar refractivity (Wildman–Crippen MR) is 50.4 cm³/mol. The predicted octanol–water partition coefficient (Wildman–Crippen LogP) is 2.86. The van der Waals surface area contributed by atoms with Crippen molar-refractivity contribution in [3.63, 3.8) is 0 Å². The van der Waals surface area contributed by atoms with Gasteiger partial charge in [0.1, 0.15) is 0 Å². The van der Waals surface area contributed by atoms with Gasteiger partial charge in [0.2, 0.25) is 0 Å². The number of hydrogen-bond acceptors (Lipinski definition) is 1. The fourth-order valence-electron chi connectivity index (χ4n) is 1.87. The Morgan fingerprint density at radius 3 is 2.58 bits per heavy atom. The zero-order chi connectivity index (χ0) is 9.14. The lowest BCUT2D eigenvalue weighted by atomic mass is 9.93. The second-order valence-corrected chi connectivity index (χ2v) is 4.08. The highest BCUT2D eigenvalue weighted by atomic mass is 35.5. The molecule has 0 radical (unpaired) electrons. The van der Waals surface area contributed by atoms with E-state index in [0.717, 1.165) is 19.4 Å². The largest absolute Gasteiger partial charge is 0.326 e. The van der Waals surface area contributed by atoms with Gasteiger partial charge in [-0.25, -0.2) is 0 Å². The number of hydrogen-bond donors (Lipinski definition) is 0. The van der Waals surface area contributed by atoms with Crippen molar-refractivity contribution in [1.82, 2.24) is 4.90 Å². The van der Waals surface area contributed by atoms with E-state index in [1.807, 2.05) is 0 Å². The quantitative estimate of drug-likeness (QED) is 0.459. The molecule has 1 unspecified atom stereocenters. The summed E-state index contributed by atoms with van der Waals surface area (Å²) in [6.07, 6.45) is 3.43. The summed E-state index contributed by atoms with van der Waals surface area (Å²) in [5.41, 5.74) is 0. The van der Waals surface area contributed by atoms with Crippen LogP contribution in [0.4, 0.5) is 4.79 Å². The number of amides is 1. The molecule has 1 heterocycles. The summed E-state index contributed by atoms with van der Waals surface area (Å²) >= 11 is 5.48. The molecule has 1 aliphatic heterocycles. The molecule has 70 valence electrons. The lowest BCUT2D eigenvalue weighted by Crippen LogP contribution is -2.43. The molecule has 1 amide bonds. The molecule has 0 aliphatic carbocycles. The summed E-state index contributed by atoms with van der Waals surface area (Å²) in [6, 6.07) is 0.365. The maximum absolute atomic E-state index is 11.0. The first-order chi connectivity index (χ1) is 5.63. The van der Waals surface area contributed by atoms with Crippen LogP contribution in [0, 0.1) is 5.92 Å². The van der Waals surface area contributed by atoms with E-state index in [9.17, 15) is 4.79 Å². The second kappa shape index (κ2) is 4.13. The average Bonchev–Trinajstić information content (AvgIpc) is 2.04. The van der Waals surface area contributed by atoms with Crippen molar-refractivity contribution in [2.75, 3.05) is 6.54 Å². The van der Waals surface area contributed by atoms with Crippen LogP contribution in [0.25, 0.3) is 0 Å². The van der Waals surface area contributed by atoms with Crippen LogP contribution in [-0.4, -0.2) is 22.9 Å². The SMILES string of the molecule is CC(C)C1CCCCN1C(=O)Cl. The number of piperidine rings is 1. The topological polar surface area (TPSA) is 20.3 Å². The summed E-state index contributed by atoms with van der Waals surface area (Å²) < 4.78 is 0. The molecule has 0 spiro atoms. The number of likely N-dealkylation sites (tertiary alicyclic amines) is 1. The zero-order valence-corrected chi connectivity index (χ0v) is 8.47. The molecule has 0 saturated carbocycles. The van der Waals surface area contributed by atoms with Gasteiger partial charge < -0.3 is 4.90 Å². The summed E-state index contributed by atoms with van der Waals surface area (Å²) in [4.78, 5) is 12.8. The van der Waals surface area contributed by atoms with E-state index in [4.69, 9.17) is 11.6 Å². The normalized spacial score (nSPS) is 24.7. The minimum absolute atomic E-state index is 0.284. The minimum atomic E-state index is -0.284. The van der Waals surface area contributed by atoms with Crippen LogP contribution < -0.4 is 0 Å². The Morgan fingerprint density at radius 1 is 1.50 bits per heavy atom. The van der Waals surface area contributed by atoms with E-state index < -0.39 is 0 Å². The van der Waals surface area contributed by atoms with E-state index in [0.29, 0.717) is 12.0 Å². The van der Waals surface area contributed by atoms with Crippen molar-refractivity contribution >= 4 is 17.0 Å². The van der Waals surface area contributed by atoms with Gasteiger partial charge in [-0.15, -0.1) is 0 Å². The maximum Gasteiger partial charge on any atom is 0.316 e. The second-order valence-electron chi connectivity index (χ2n) is 3.75. The highest BCUT2D eigenvalue weighted by Crippen LogP contribution is 2.23. The number of rotatable bonds is 1. The fourth-order valence-corrected chi connectivity index (χ4v) is 2.08. The first-order valence-corrected chi connectivity index (χ1v) is 4.97. The molecular formula is C9H16ClNO. The smallest absolute Gasteiger partial charge is 0.316 e. The van der Waals surface area contributed by atoms with Crippen LogP contribution in [0.2, 0.25) is 0 Å². The Hall–Kier alpha value is -0.240. The number of carbonyl (C=O) groups is 1. The van der Waals surface area contributed by atoms with Crippen molar-refractivity contribution in [2.45, 2.75) is 39.2 Å². The Morgan fingerprint density at radius 2 is 2.17 bits per heavy atom. The molecule has 1 fully saturated rings. The van der Waals surface area contributed by atoms with Crippen LogP contribution in [0.1, 0.15) is 33.1 Å². The van der Waals surface area contributed by atoms with Gasteiger partial charge >= 0.3 is 5.37 Å². The third-order valence-electron chi connectivity index (χ3n) is 2.54. The number of halogens is 1. The maximum atomic E-state index is 11.0. The van der Waals surface area contributed by atoms with E-state index in [1.54, 1.807) is 4.90 Å². The standard InChI is InChI=1S/C9H16ClNO/c1-7(2)8-5-3-4-6-11(8)9(10)12/h7-8H,3-6H2,1-2H3. The Bertz CT molecular complexity index is 170. The van der Waals surface area contributed by atoms with Gasteiger partial charge in [0.05, 0.1) is 0 Å². The molecule has 0 aromatic rings. The average molecular weight is 190 g/mol. The first-order valence-electron chi connectivity index (χ1n) is 4.59. The van der Waals surface area contributed by atoms with Gasteiger partial charge in [-0.05, 0) is 36.8 Å². The van der Waals surface area contributed by atoms with Crippen molar-refractivity contribution < 1.29 is 4.79 Å². The van der Waals surface area contributed by atoms with Crippen molar-refractivity contribution in [1.29, 1.82) is 0 Å². The van der Waals surface area contributed by atoms with Crippen molar-refractivity contribution in [2.24, 2.45) is 5.92 Å². The van der Waals surface area contributed by atoms with Crippen LogP contribution in [0.15, 0.2) is 0 Å². The van der Waals surface area contributed by atoms with E-state index in [-0.39, 0.29) is 5.37 Å². The first kappa shape index (κ1) is 9.85. The molecule has 0 aromatic carbocycles. The molecule has 0 bridgehead atoms. The van der Waals surface area contributed by atoms with Crippen LogP contribution in [-0.2, 0) is 0 Å². The Balaban J connectivity index is 2.60. The number of carbonyl (C=O) groups excluding carboxylic acids is 1. The Labute approximate surface area is 78.9 Å². The van der Waals surface area contributed by atoms with Gasteiger partial charge in [-0.1, -0.05) is 13.8 Å². The zero-order valence-electron chi connectivity index (χ0n) is 7.72. The van der Waals surface area contributed by atoms with Crippen molar-refractivity contribution in [3.05, 3.63) is 0 Å².